The second-order valence-electron chi connectivity index (χ2n) is 5.86. The van der Waals surface area contributed by atoms with Gasteiger partial charge < -0.3 is 15.4 Å². The quantitative estimate of drug-likeness (QED) is 0.798. The summed E-state index contributed by atoms with van der Waals surface area (Å²) < 4.78 is 30.1. The zero-order valence-corrected chi connectivity index (χ0v) is 15.1. The lowest BCUT2D eigenvalue weighted by Gasteiger charge is -2.12. The fraction of sp³-hybridized carbons (Fsp3) is 0.278. The number of carbonyl (C=O) groups excluding carboxylic acids is 1. The monoisotopic (exact) mass is 362 g/mol. The molecule has 0 radical (unpaired) electrons. The van der Waals surface area contributed by atoms with Gasteiger partial charge in [0, 0.05) is 26.2 Å². The first-order valence-electron chi connectivity index (χ1n) is 7.79. The number of benzene rings is 2. The van der Waals surface area contributed by atoms with E-state index in [0.717, 1.165) is 5.56 Å². The fourth-order valence-corrected chi connectivity index (χ4v) is 3.64. The number of nitrogen functional groups attached to an aromatic ring is 1. The number of hydrogen-bond donors (Lipinski definition) is 1. The molecule has 0 saturated carbocycles. The Kier molecular flexibility index (Phi) is 6.03. The number of anilines is 1. The van der Waals surface area contributed by atoms with Gasteiger partial charge >= 0.3 is 6.09 Å². The van der Waals surface area contributed by atoms with Crippen LogP contribution in [0.25, 0.3) is 0 Å². The maximum Gasteiger partial charge on any atom is 0.409 e. The average molecular weight is 362 g/mol. The molecule has 0 atom stereocenters. The Bertz CT molecular complexity index is 833. The van der Waals surface area contributed by atoms with E-state index in [9.17, 15) is 13.2 Å². The Balaban J connectivity index is 2.10. The maximum absolute atomic E-state index is 12.5. The third-order valence-corrected chi connectivity index (χ3v) is 5.32. The van der Waals surface area contributed by atoms with Gasteiger partial charge in [-0.3, -0.25) is 0 Å². The molecule has 1 amide bonds. The minimum atomic E-state index is -3.47. The van der Waals surface area contributed by atoms with E-state index in [1.165, 1.54) is 4.90 Å². The molecule has 2 rings (SSSR count). The summed E-state index contributed by atoms with van der Waals surface area (Å²) in [6.45, 7) is 0.214. The molecule has 0 fully saturated rings. The number of sulfone groups is 1. The number of carbonyl (C=O) groups is 1. The number of nitrogens with two attached hydrogens (primary N) is 1. The van der Waals surface area contributed by atoms with Crippen molar-refractivity contribution in [3.63, 3.8) is 0 Å². The molecule has 6 nitrogen and oxygen atoms in total. The molecule has 0 heterocycles. The Morgan fingerprint density at radius 3 is 2.44 bits per heavy atom. The van der Waals surface area contributed by atoms with E-state index in [2.05, 4.69) is 0 Å². The highest BCUT2D eigenvalue weighted by atomic mass is 32.2. The van der Waals surface area contributed by atoms with Crippen LogP contribution in [0.2, 0.25) is 0 Å². The standard InChI is InChI=1S/C18H22N2O4S/c1-20(2)18(21)24-11-10-14-8-9-17(19)15(12-14)13-25(22,23)16-6-4-3-5-7-16/h3-9,12H,10-11,13,19H2,1-2H3. The van der Waals surface area contributed by atoms with Crippen molar-refractivity contribution in [3.8, 4) is 0 Å². The third kappa shape index (κ3) is 5.22. The number of amides is 1. The van der Waals surface area contributed by atoms with Crippen LogP contribution in [0, 0.1) is 0 Å². The third-order valence-electron chi connectivity index (χ3n) is 3.64. The van der Waals surface area contributed by atoms with Crippen LogP contribution in [-0.4, -0.2) is 40.1 Å². The Morgan fingerprint density at radius 2 is 1.80 bits per heavy atom. The first-order chi connectivity index (χ1) is 11.8. The van der Waals surface area contributed by atoms with Crippen molar-refractivity contribution in [3.05, 3.63) is 59.7 Å². The van der Waals surface area contributed by atoms with E-state index in [-0.39, 0.29) is 17.3 Å². The summed E-state index contributed by atoms with van der Waals surface area (Å²) in [5.74, 6) is -0.172. The molecule has 0 aliphatic heterocycles. The molecule has 2 aromatic carbocycles. The number of nitrogens with zero attached hydrogens (tertiary/aromatic N) is 1. The molecule has 25 heavy (non-hydrogen) atoms. The highest BCUT2D eigenvalue weighted by molar-refractivity contribution is 7.90. The molecule has 0 spiro atoms. The Hall–Kier alpha value is -2.54. The molecule has 7 heteroatoms. The first-order valence-corrected chi connectivity index (χ1v) is 9.44. The van der Waals surface area contributed by atoms with E-state index >= 15 is 0 Å². The van der Waals surface area contributed by atoms with Gasteiger partial charge in [-0.1, -0.05) is 30.3 Å². The van der Waals surface area contributed by atoms with Crippen LogP contribution < -0.4 is 5.73 Å². The first kappa shape index (κ1) is 18.8. The highest BCUT2D eigenvalue weighted by Gasteiger charge is 2.17. The summed E-state index contributed by atoms with van der Waals surface area (Å²) in [4.78, 5) is 13.0. The summed E-state index contributed by atoms with van der Waals surface area (Å²) in [7, 11) is -0.251. The summed E-state index contributed by atoms with van der Waals surface area (Å²) in [5, 5.41) is 0. The fourth-order valence-electron chi connectivity index (χ4n) is 2.24. The molecular weight excluding hydrogens is 340 g/mol. The minimum absolute atomic E-state index is 0.172. The van der Waals surface area contributed by atoms with Gasteiger partial charge in [0.1, 0.15) is 0 Å². The molecule has 0 unspecified atom stereocenters. The van der Waals surface area contributed by atoms with E-state index in [1.807, 2.05) is 0 Å². The average Bonchev–Trinajstić information content (AvgIpc) is 2.58. The van der Waals surface area contributed by atoms with Crippen LogP contribution in [0.4, 0.5) is 10.5 Å². The Morgan fingerprint density at radius 1 is 1.12 bits per heavy atom. The van der Waals surface area contributed by atoms with Crippen molar-refractivity contribution < 1.29 is 17.9 Å². The van der Waals surface area contributed by atoms with Crippen molar-refractivity contribution in [1.82, 2.24) is 4.90 Å². The van der Waals surface area contributed by atoms with Crippen LogP contribution in [0.5, 0.6) is 0 Å². The zero-order chi connectivity index (χ0) is 18.4. The summed E-state index contributed by atoms with van der Waals surface area (Å²) in [6, 6.07) is 13.5. The molecule has 134 valence electrons. The summed E-state index contributed by atoms with van der Waals surface area (Å²) in [6.07, 6.45) is 0.0699. The smallest absolute Gasteiger partial charge is 0.409 e. The van der Waals surface area contributed by atoms with E-state index in [4.69, 9.17) is 10.5 Å². The Labute approximate surface area is 148 Å². The normalized spacial score (nSPS) is 11.1. The van der Waals surface area contributed by atoms with Gasteiger partial charge in [0.15, 0.2) is 9.84 Å². The maximum atomic E-state index is 12.5. The molecular formula is C18H22N2O4S. The van der Waals surface area contributed by atoms with Gasteiger partial charge in [0.05, 0.1) is 17.3 Å². The molecule has 0 aliphatic carbocycles. The van der Waals surface area contributed by atoms with Crippen molar-refractivity contribution >= 4 is 21.6 Å². The van der Waals surface area contributed by atoms with Crippen molar-refractivity contribution in [1.29, 1.82) is 0 Å². The van der Waals surface area contributed by atoms with Crippen LogP contribution in [0.3, 0.4) is 0 Å². The lowest BCUT2D eigenvalue weighted by atomic mass is 10.1. The van der Waals surface area contributed by atoms with Gasteiger partial charge in [-0.05, 0) is 29.3 Å². The minimum Gasteiger partial charge on any atom is -0.449 e. The lowest BCUT2D eigenvalue weighted by Crippen LogP contribution is -2.23. The predicted molar refractivity (Wildman–Crippen MR) is 96.9 cm³/mol. The molecule has 0 saturated heterocycles. The SMILES string of the molecule is CN(C)C(=O)OCCc1ccc(N)c(CS(=O)(=O)c2ccccc2)c1. The zero-order valence-electron chi connectivity index (χ0n) is 14.3. The van der Waals surface area contributed by atoms with Crippen molar-refractivity contribution in [2.45, 2.75) is 17.1 Å². The van der Waals surface area contributed by atoms with Crippen LogP contribution in [0.15, 0.2) is 53.4 Å². The van der Waals surface area contributed by atoms with E-state index < -0.39 is 15.9 Å². The molecule has 0 aliphatic rings. The lowest BCUT2D eigenvalue weighted by molar-refractivity contribution is 0.119. The molecule has 0 bridgehead atoms. The topological polar surface area (TPSA) is 89.7 Å². The number of hydrogen-bond acceptors (Lipinski definition) is 5. The predicted octanol–water partition coefficient (Wildman–Crippen LogP) is 2.48. The molecule has 0 aromatic heterocycles. The van der Waals surface area contributed by atoms with Crippen molar-refractivity contribution in [2.24, 2.45) is 0 Å². The van der Waals surface area contributed by atoms with Crippen LogP contribution in [0.1, 0.15) is 11.1 Å². The van der Waals surface area contributed by atoms with Crippen LogP contribution in [-0.2, 0) is 26.7 Å². The van der Waals surface area contributed by atoms with Gasteiger partial charge in [0.2, 0.25) is 0 Å². The summed E-state index contributed by atoms with van der Waals surface area (Å²) >= 11 is 0. The molecule has 2 aromatic rings. The van der Waals surface area contributed by atoms with Crippen LogP contribution >= 0.6 is 0 Å². The number of rotatable bonds is 6. The second-order valence-corrected chi connectivity index (χ2v) is 7.85. The second kappa shape index (κ2) is 8.02. The van der Waals surface area contributed by atoms with E-state index in [0.29, 0.717) is 17.7 Å². The number of ether oxygens (including phenoxy) is 1. The summed E-state index contributed by atoms with van der Waals surface area (Å²) in [5.41, 5.74) is 7.76. The van der Waals surface area contributed by atoms with Crippen molar-refractivity contribution in [2.75, 3.05) is 26.4 Å². The van der Waals surface area contributed by atoms with Gasteiger partial charge in [-0.15, -0.1) is 0 Å². The largest absolute Gasteiger partial charge is 0.449 e. The van der Waals surface area contributed by atoms with Gasteiger partial charge in [0.25, 0.3) is 0 Å². The van der Waals surface area contributed by atoms with Gasteiger partial charge in [-0.2, -0.15) is 0 Å². The molecule has 2 N–H and O–H groups in total. The highest BCUT2D eigenvalue weighted by Crippen LogP contribution is 2.22. The van der Waals surface area contributed by atoms with E-state index in [1.54, 1.807) is 62.6 Å². The van der Waals surface area contributed by atoms with Gasteiger partial charge in [-0.25, -0.2) is 13.2 Å².